The molecule has 34 heavy (non-hydrogen) atoms. The first kappa shape index (κ1) is 21.7. The Bertz CT molecular complexity index is 1470. The number of hydrogen-bond acceptors (Lipinski definition) is 4. The number of hydrogen-bond donors (Lipinski definition) is 1. The van der Waals surface area contributed by atoms with E-state index >= 15 is 0 Å². The Morgan fingerprint density at radius 2 is 1.53 bits per heavy atom. The molecule has 0 aliphatic carbocycles. The number of carbonyl (C=O) groups is 2. The zero-order valence-corrected chi connectivity index (χ0v) is 19.4. The van der Waals surface area contributed by atoms with Gasteiger partial charge >= 0.3 is 0 Å². The van der Waals surface area contributed by atoms with Crippen LogP contribution in [0.1, 0.15) is 11.1 Å². The van der Waals surface area contributed by atoms with E-state index in [4.69, 9.17) is 16.3 Å². The molecule has 5 nitrogen and oxygen atoms in total. The van der Waals surface area contributed by atoms with Crippen LogP contribution in [0, 0.1) is 6.92 Å². The lowest BCUT2D eigenvalue weighted by Gasteiger charge is -2.18. The third kappa shape index (κ3) is 3.60. The molecular weight excluding hydrogens is 448 g/mol. The Kier molecular flexibility index (Phi) is 5.56. The van der Waals surface area contributed by atoms with Gasteiger partial charge in [-0.25, -0.2) is 4.90 Å². The average molecular weight is 469 g/mol. The molecule has 0 saturated carbocycles. The van der Waals surface area contributed by atoms with Gasteiger partial charge in [0.15, 0.2) is 0 Å². The van der Waals surface area contributed by atoms with Crippen molar-refractivity contribution in [2.45, 2.75) is 6.92 Å². The van der Waals surface area contributed by atoms with Crippen LogP contribution in [-0.2, 0) is 9.59 Å². The van der Waals surface area contributed by atoms with Crippen molar-refractivity contribution in [3.63, 3.8) is 0 Å². The smallest absolute Gasteiger partial charge is 0.282 e. The molecule has 4 aromatic carbocycles. The van der Waals surface area contributed by atoms with E-state index < -0.39 is 11.8 Å². The summed E-state index contributed by atoms with van der Waals surface area (Å²) in [6.07, 6.45) is 0. The average Bonchev–Trinajstić information content (AvgIpc) is 3.10. The molecule has 0 atom stereocenters. The van der Waals surface area contributed by atoms with Gasteiger partial charge in [-0.15, -0.1) is 0 Å². The highest BCUT2D eigenvalue weighted by Crippen LogP contribution is 2.38. The molecule has 5 rings (SSSR count). The molecule has 1 heterocycles. The van der Waals surface area contributed by atoms with Crippen LogP contribution in [0.3, 0.4) is 0 Å². The summed E-state index contributed by atoms with van der Waals surface area (Å²) in [5.74, 6) is -0.190. The Labute approximate surface area is 202 Å². The Morgan fingerprint density at radius 1 is 0.824 bits per heavy atom. The lowest BCUT2D eigenvalue weighted by molar-refractivity contribution is -0.120. The number of rotatable bonds is 5. The van der Waals surface area contributed by atoms with Gasteiger partial charge in [-0.2, -0.15) is 0 Å². The molecule has 0 fully saturated rings. The molecule has 1 N–H and O–H groups in total. The van der Waals surface area contributed by atoms with Gasteiger partial charge in [0.25, 0.3) is 11.8 Å². The first-order valence-electron chi connectivity index (χ1n) is 10.8. The lowest BCUT2D eigenvalue weighted by atomic mass is 10.0. The summed E-state index contributed by atoms with van der Waals surface area (Å²) < 4.78 is 5.26. The number of methoxy groups -OCH3 is 1. The minimum absolute atomic E-state index is 0.214. The van der Waals surface area contributed by atoms with E-state index in [-0.39, 0.29) is 5.70 Å². The summed E-state index contributed by atoms with van der Waals surface area (Å²) in [6, 6.07) is 26.0. The highest BCUT2D eigenvalue weighted by Gasteiger charge is 2.41. The van der Waals surface area contributed by atoms with Crippen LogP contribution in [0.4, 0.5) is 11.4 Å². The SMILES string of the molecule is COc1ccc(C2=C(Nc3cccc4ccccc34)C(=O)N(c3cccc(Cl)c3C)C2=O)cc1. The Balaban J connectivity index is 1.67. The number of carbonyl (C=O) groups excluding carboxylic acids is 2. The summed E-state index contributed by atoms with van der Waals surface area (Å²) in [6.45, 7) is 1.79. The molecular formula is C28H21ClN2O3. The van der Waals surface area contributed by atoms with Crippen molar-refractivity contribution in [1.29, 1.82) is 0 Å². The molecule has 0 radical (unpaired) electrons. The second-order valence-electron chi connectivity index (χ2n) is 7.96. The number of anilines is 2. The molecule has 168 valence electrons. The number of amides is 2. The summed E-state index contributed by atoms with van der Waals surface area (Å²) in [4.78, 5) is 28.7. The number of nitrogens with zero attached hydrogens (tertiary/aromatic N) is 1. The largest absolute Gasteiger partial charge is 0.497 e. The van der Waals surface area contributed by atoms with Gasteiger partial charge in [-0.3, -0.25) is 9.59 Å². The van der Waals surface area contributed by atoms with Crippen LogP contribution in [0.15, 0.2) is 90.6 Å². The van der Waals surface area contributed by atoms with Crippen molar-refractivity contribution in [3.8, 4) is 5.75 Å². The van der Waals surface area contributed by atoms with Gasteiger partial charge in [-0.05, 0) is 53.8 Å². The van der Waals surface area contributed by atoms with E-state index in [0.29, 0.717) is 33.2 Å². The lowest BCUT2D eigenvalue weighted by Crippen LogP contribution is -2.33. The van der Waals surface area contributed by atoms with Crippen molar-refractivity contribution in [2.24, 2.45) is 0 Å². The quantitative estimate of drug-likeness (QED) is 0.354. The maximum absolute atomic E-state index is 13.7. The maximum Gasteiger partial charge on any atom is 0.282 e. The zero-order chi connectivity index (χ0) is 23.8. The molecule has 0 spiro atoms. The molecule has 0 unspecified atom stereocenters. The Hall–Kier alpha value is -4.09. The number of fused-ring (bicyclic) bond motifs is 1. The van der Waals surface area contributed by atoms with Crippen molar-refractivity contribution in [3.05, 3.63) is 107 Å². The molecule has 0 saturated heterocycles. The van der Waals surface area contributed by atoms with E-state index in [0.717, 1.165) is 16.5 Å². The monoisotopic (exact) mass is 468 g/mol. The van der Waals surface area contributed by atoms with Crippen molar-refractivity contribution in [1.82, 2.24) is 0 Å². The van der Waals surface area contributed by atoms with Crippen LogP contribution in [-0.4, -0.2) is 18.9 Å². The summed E-state index contributed by atoms with van der Waals surface area (Å²) in [5, 5.41) is 5.74. The fourth-order valence-corrected chi connectivity index (χ4v) is 4.37. The van der Waals surface area contributed by atoms with Crippen LogP contribution < -0.4 is 15.0 Å². The number of imide groups is 1. The van der Waals surface area contributed by atoms with Gasteiger partial charge < -0.3 is 10.1 Å². The topological polar surface area (TPSA) is 58.6 Å². The van der Waals surface area contributed by atoms with E-state index in [9.17, 15) is 9.59 Å². The summed E-state index contributed by atoms with van der Waals surface area (Å²) in [5.41, 5.74) is 2.98. The highest BCUT2D eigenvalue weighted by atomic mass is 35.5. The van der Waals surface area contributed by atoms with E-state index in [2.05, 4.69) is 5.32 Å². The van der Waals surface area contributed by atoms with Gasteiger partial charge in [0.2, 0.25) is 0 Å². The van der Waals surface area contributed by atoms with E-state index in [1.165, 1.54) is 4.90 Å². The normalized spacial score (nSPS) is 13.7. The first-order chi connectivity index (χ1) is 16.5. The van der Waals surface area contributed by atoms with Crippen LogP contribution in [0.5, 0.6) is 5.75 Å². The first-order valence-corrected chi connectivity index (χ1v) is 11.1. The number of halogens is 1. The minimum atomic E-state index is -0.436. The standard InChI is InChI=1S/C28H21ClN2O3/c1-17-22(29)10-6-12-24(17)31-27(32)25(19-13-15-20(34-2)16-14-19)26(28(31)33)30-23-11-5-8-18-7-3-4-9-21(18)23/h3-16,30H,1-2H3. The molecule has 4 aromatic rings. The predicted molar refractivity (Wildman–Crippen MR) is 136 cm³/mol. The Morgan fingerprint density at radius 3 is 2.29 bits per heavy atom. The maximum atomic E-state index is 13.7. The van der Waals surface area contributed by atoms with E-state index in [1.807, 2.05) is 42.5 Å². The fraction of sp³-hybridized carbons (Fsp3) is 0.0714. The fourth-order valence-electron chi connectivity index (χ4n) is 4.20. The zero-order valence-electron chi connectivity index (χ0n) is 18.6. The molecule has 1 aliphatic rings. The van der Waals surface area contributed by atoms with Gasteiger partial charge in [0.1, 0.15) is 11.4 Å². The van der Waals surface area contributed by atoms with Crippen LogP contribution >= 0.6 is 11.6 Å². The predicted octanol–water partition coefficient (Wildman–Crippen LogP) is 6.21. The van der Waals surface area contributed by atoms with Crippen LogP contribution in [0.2, 0.25) is 5.02 Å². The van der Waals surface area contributed by atoms with Crippen molar-refractivity contribution in [2.75, 3.05) is 17.3 Å². The van der Waals surface area contributed by atoms with Crippen LogP contribution in [0.25, 0.3) is 16.3 Å². The number of benzene rings is 4. The van der Waals surface area contributed by atoms with Gasteiger partial charge in [0.05, 0.1) is 18.4 Å². The minimum Gasteiger partial charge on any atom is -0.497 e. The number of ether oxygens (including phenoxy) is 1. The summed E-state index contributed by atoms with van der Waals surface area (Å²) >= 11 is 6.31. The second kappa shape index (κ2) is 8.69. The van der Waals surface area contributed by atoms with Crippen molar-refractivity contribution >= 4 is 51.1 Å². The third-order valence-corrected chi connectivity index (χ3v) is 6.40. The van der Waals surface area contributed by atoms with Gasteiger partial charge in [0, 0.05) is 16.1 Å². The highest BCUT2D eigenvalue weighted by molar-refractivity contribution is 6.46. The third-order valence-electron chi connectivity index (χ3n) is 5.99. The molecule has 0 bridgehead atoms. The molecule has 6 heteroatoms. The molecule has 1 aliphatic heterocycles. The van der Waals surface area contributed by atoms with Crippen molar-refractivity contribution < 1.29 is 14.3 Å². The molecule has 0 aromatic heterocycles. The molecule has 2 amide bonds. The number of nitrogens with one attached hydrogen (secondary N) is 1. The van der Waals surface area contributed by atoms with Gasteiger partial charge in [-0.1, -0.05) is 66.2 Å². The summed E-state index contributed by atoms with van der Waals surface area (Å²) in [7, 11) is 1.58. The second-order valence-corrected chi connectivity index (χ2v) is 8.37. The van der Waals surface area contributed by atoms with E-state index in [1.54, 1.807) is 56.5 Å².